The fourth-order valence-electron chi connectivity index (χ4n) is 6.00. The van der Waals surface area contributed by atoms with Crippen LogP contribution in [0.2, 0.25) is 0 Å². The maximum atomic E-state index is 13.8. The number of quaternary nitrogens is 1. The van der Waals surface area contributed by atoms with E-state index >= 15 is 0 Å². The second-order valence-electron chi connectivity index (χ2n) is 10.1. The molecular weight excluding hydrogens is 466 g/mol. The molecular formula is C26H32N3O7+. The van der Waals surface area contributed by atoms with Crippen molar-refractivity contribution < 1.29 is 40.5 Å². The van der Waals surface area contributed by atoms with E-state index in [1.54, 1.807) is 32.3 Å². The molecule has 3 aliphatic carbocycles. The number of fused-ring (bicyclic) bond motifs is 3. The van der Waals surface area contributed by atoms with Gasteiger partial charge in [0.1, 0.15) is 11.5 Å². The van der Waals surface area contributed by atoms with Crippen molar-refractivity contribution in [1.82, 2.24) is 9.80 Å². The zero-order valence-corrected chi connectivity index (χ0v) is 20.6. The average molecular weight is 499 g/mol. The van der Waals surface area contributed by atoms with E-state index in [2.05, 4.69) is 12.3 Å². The molecule has 0 radical (unpaired) electrons. The minimum Gasteiger partial charge on any atom is -0.508 e. The summed E-state index contributed by atoms with van der Waals surface area (Å²) in [7, 11) is 5.02. The van der Waals surface area contributed by atoms with Crippen molar-refractivity contribution in [1.29, 1.82) is 0 Å². The molecule has 0 aliphatic heterocycles. The number of carbonyl (C=O) groups excluding carboxylic acids is 3. The lowest BCUT2D eigenvalue weighted by molar-refractivity contribution is -0.299. The Morgan fingerprint density at radius 1 is 1.22 bits per heavy atom. The lowest BCUT2D eigenvalue weighted by Gasteiger charge is -2.50. The van der Waals surface area contributed by atoms with Crippen molar-refractivity contribution in [2.45, 2.75) is 31.0 Å². The Morgan fingerprint density at radius 2 is 1.89 bits per heavy atom. The third-order valence-electron chi connectivity index (χ3n) is 7.59. The molecule has 0 bridgehead atoms. The van der Waals surface area contributed by atoms with Crippen molar-refractivity contribution >= 4 is 23.2 Å². The molecule has 0 saturated heterocycles. The fourth-order valence-corrected chi connectivity index (χ4v) is 6.00. The van der Waals surface area contributed by atoms with Crippen LogP contribution in [0.1, 0.15) is 23.1 Å². The monoisotopic (exact) mass is 498 g/mol. The van der Waals surface area contributed by atoms with E-state index in [0.717, 1.165) is 0 Å². The highest BCUT2D eigenvalue weighted by Crippen LogP contribution is 2.52. The molecule has 10 heteroatoms. The number of benzene rings is 1. The number of aliphatic hydroxyl groups excluding tert-OH is 2. The average Bonchev–Trinajstić information content (AvgIpc) is 2.78. The van der Waals surface area contributed by atoms with E-state index in [-0.39, 0.29) is 29.7 Å². The van der Waals surface area contributed by atoms with Crippen LogP contribution in [0.3, 0.4) is 0 Å². The Hall–Kier alpha value is -3.31. The molecule has 0 heterocycles. The zero-order valence-electron chi connectivity index (χ0n) is 20.6. The lowest BCUT2D eigenvalue weighted by Crippen LogP contribution is -2.68. The number of phenolic OH excluding ortho intramolecular Hbond substituents is 1. The van der Waals surface area contributed by atoms with Crippen LogP contribution in [0, 0.1) is 11.8 Å². The molecule has 0 spiro atoms. The van der Waals surface area contributed by atoms with Gasteiger partial charge in [-0.15, -0.1) is 6.58 Å². The molecule has 10 nitrogen and oxygen atoms in total. The van der Waals surface area contributed by atoms with Gasteiger partial charge < -0.3 is 20.4 Å². The Bertz CT molecular complexity index is 1250. The number of aliphatic hydroxyl groups is 3. The summed E-state index contributed by atoms with van der Waals surface area (Å²) in [6.45, 7) is 4.63. The number of phenols is 1. The molecule has 36 heavy (non-hydrogen) atoms. The molecule has 4 atom stereocenters. The molecule has 0 aromatic heterocycles. The van der Waals surface area contributed by atoms with Gasteiger partial charge in [-0.1, -0.05) is 18.2 Å². The van der Waals surface area contributed by atoms with Gasteiger partial charge in [0, 0.05) is 30.1 Å². The molecule has 1 amide bonds. The number of rotatable bonds is 6. The second kappa shape index (κ2) is 8.97. The summed E-state index contributed by atoms with van der Waals surface area (Å²) in [6.07, 6.45) is 2.09. The van der Waals surface area contributed by atoms with Crippen molar-refractivity contribution in [2.24, 2.45) is 11.8 Å². The van der Waals surface area contributed by atoms with Gasteiger partial charge in [0.05, 0.1) is 11.6 Å². The quantitative estimate of drug-likeness (QED) is 0.265. The van der Waals surface area contributed by atoms with Crippen molar-refractivity contribution in [2.75, 3.05) is 27.7 Å². The summed E-state index contributed by atoms with van der Waals surface area (Å²) < 4.78 is 0. The number of carbonyl (C=O) groups is 3. The van der Waals surface area contributed by atoms with E-state index in [0.29, 0.717) is 24.2 Å². The number of ketones is 2. The molecule has 1 saturated carbocycles. The topological polar surface area (TPSA) is 166 Å². The molecule has 1 fully saturated rings. The highest BCUT2D eigenvalue weighted by Gasteiger charge is 2.64. The molecule has 3 aliphatic rings. The van der Waals surface area contributed by atoms with Gasteiger partial charge in [0.15, 0.2) is 22.7 Å². The number of Topliss-reactive ketones (excluding diaryl/α,β-unsaturated/α-hetero) is 2. The van der Waals surface area contributed by atoms with Gasteiger partial charge in [-0.05, 0) is 45.5 Å². The third-order valence-corrected chi connectivity index (χ3v) is 7.59. The first-order valence-electron chi connectivity index (χ1n) is 11.7. The highest BCUT2D eigenvalue weighted by molar-refractivity contribution is 6.22. The first-order chi connectivity index (χ1) is 16.9. The third kappa shape index (κ3) is 3.60. The van der Waals surface area contributed by atoms with Crippen molar-refractivity contribution in [3.8, 4) is 5.75 Å². The van der Waals surface area contributed by atoms with Crippen molar-refractivity contribution in [3.63, 3.8) is 0 Å². The maximum Gasteiger partial charge on any atom is 0.348 e. The Balaban J connectivity index is 1.88. The van der Waals surface area contributed by atoms with E-state index in [9.17, 15) is 34.8 Å². The molecule has 1 aromatic carbocycles. The van der Waals surface area contributed by atoms with E-state index in [1.165, 1.54) is 4.90 Å². The van der Waals surface area contributed by atoms with E-state index in [4.69, 9.17) is 0 Å². The summed E-state index contributed by atoms with van der Waals surface area (Å²) in [5.41, 5.74) is 1.03. The van der Waals surface area contributed by atoms with Crippen LogP contribution in [0.15, 0.2) is 41.7 Å². The zero-order chi connectivity index (χ0) is 26.7. The Labute approximate surface area is 208 Å². The summed E-state index contributed by atoms with van der Waals surface area (Å²) >= 11 is 0. The Kier molecular flexibility index (Phi) is 6.42. The van der Waals surface area contributed by atoms with Gasteiger partial charge in [0.25, 0.3) is 0 Å². The summed E-state index contributed by atoms with van der Waals surface area (Å²) in [4.78, 5) is 42.5. The van der Waals surface area contributed by atoms with Crippen LogP contribution in [0.5, 0.6) is 5.75 Å². The highest BCUT2D eigenvalue weighted by atomic mass is 16.3. The predicted molar refractivity (Wildman–Crippen MR) is 129 cm³/mol. The van der Waals surface area contributed by atoms with Crippen molar-refractivity contribution in [3.05, 3.63) is 58.4 Å². The summed E-state index contributed by atoms with van der Waals surface area (Å²) in [5, 5.41) is 44.8. The van der Waals surface area contributed by atoms with Crippen LogP contribution in [0.25, 0.3) is 5.76 Å². The first kappa shape index (κ1) is 25.8. The largest absolute Gasteiger partial charge is 0.508 e. The van der Waals surface area contributed by atoms with Crippen LogP contribution in [-0.4, -0.2) is 87.0 Å². The second-order valence-corrected chi connectivity index (χ2v) is 10.1. The van der Waals surface area contributed by atoms with Gasteiger partial charge in [-0.2, -0.15) is 0 Å². The lowest BCUT2D eigenvalue weighted by atomic mass is 9.57. The molecule has 4 rings (SSSR count). The maximum absolute atomic E-state index is 13.8. The summed E-state index contributed by atoms with van der Waals surface area (Å²) in [6, 6.07) is 2.49. The predicted octanol–water partition coefficient (Wildman–Crippen LogP) is -0.135. The van der Waals surface area contributed by atoms with Crippen LogP contribution in [-0.2, 0) is 27.3 Å². The molecule has 1 aromatic rings. The molecule has 4 unspecified atom stereocenters. The number of likely N-dealkylation sites (N-methyl/N-ethyl adjacent to an activating group) is 2. The molecule has 192 valence electrons. The minimum atomic E-state index is -2.60. The number of hydrogen-bond acceptors (Lipinski definition) is 9. The van der Waals surface area contributed by atoms with Crippen LogP contribution < -0.4 is 5.73 Å². The minimum absolute atomic E-state index is 0.0862. The van der Waals surface area contributed by atoms with E-state index in [1.807, 2.05) is 11.9 Å². The van der Waals surface area contributed by atoms with Gasteiger partial charge >= 0.3 is 5.91 Å². The number of hydrogen-bond donors (Lipinski definition) is 5. The van der Waals surface area contributed by atoms with Gasteiger partial charge in [-0.25, -0.2) is 4.79 Å². The Morgan fingerprint density at radius 3 is 2.47 bits per heavy atom. The van der Waals surface area contributed by atoms with Crippen LogP contribution in [0.4, 0.5) is 0 Å². The number of amides is 1. The molecule has 7 N–H and O–H groups in total. The SMILES string of the molecule is C=CCN(C)Cc1ccc2c(c1O)C(O)=C1C(=O)C3(O)C(O)=C(C([NH3+])=O)C(=O)C(N(C)C)C3CC1C2. The van der Waals surface area contributed by atoms with Crippen LogP contribution >= 0.6 is 0 Å². The van der Waals surface area contributed by atoms with E-state index < -0.39 is 58.0 Å². The smallest absolute Gasteiger partial charge is 0.348 e. The number of nitrogens with zero attached hydrogens (tertiary/aromatic N) is 2. The first-order valence-corrected chi connectivity index (χ1v) is 11.7. The standard InChI is InChI=1S/C26H31N3O7/c1-5-8-29(4)11-13-7-6-12-9-14-10-15-19(28(2)3)22(32)18(25(27)35)24(34)26(15,36)23(33)17(14)21(31)16(12)20(13)30/h5-7,14-15,19,30-31,34,36H,1,8-11H2,2-4H3,(H2,27,35)/p+1. The fraction of sp³-hybridized carbons (Fsp3) is 0.423. The summed E-state index contributed by atoms with van der Waals surface area (Å²) in [5.74, 6) is -6.01. The van der Waals surface area contributed by atoms with Gasteiger partial charge in [-0.3, -0.25) is 25.1 Å². The van der Waals surface area contributed by atoms with Gasteiger partial charge in [0.2, 0.25) is 5.78 Å². The number of aromatic hydroxyl groups is 1. The normalized spacial score (nSPS) is 27.8.